The fourth-order valence-corrected chi connectivity index (χ4v) is 0. The maximum atomic E-state index is 4.96. The highest BCUT2D eigenvalue weighted by Gasteiger charge is 1.54. The normalized spacial score (nSPS) is 6.00. The summed E-state index contributed by atoms with van der Waals surface area (Å²) in [7, 11) is 1.55. The van der Waals surface area contributed by atoms with Gasteiger partial charge in [0, 0.05) is 7.11 Å². The largest absolute Gasteiger partial charge is 0.369 e. The Morgan fingerprint density at radius 2 is 2.00 bits per heavy atom. The minimum atomic E-state index is 0. The first-order valence-corrected chi connectivity index (χ1v) is 1.50. The van der Waals surface area contributed by atoms with Crippen molar-refractivity contribution in [1.29, 1.82) is 0 Å². The number of methoxy groups -OCH3 is 1. The van der Waals surface area contributed by atoms with E-state index in [1.165, 1.54) is 0 Å². The molecule has 0 heterocycles. The lowest BCUT2D eigenvalue weighted by Gasteiger charge is -1.74. The summed E-state index contributed by atoms with van der Waals surface area (Å²) < 4.78 is 4.31. The summed E-state index contributed by atoms with van der Waals surface area (Å²) in [5.74, 6) is 0. The number of hydrogen-bond donors (Lipinski definition) is 0. The molecule has 0 aromatic heterocycles. The van der Waals surface area contributed by atoms with E-state index in [4.69, 9.17) is 11.6 Å². The van der Waals surface area contributed by atoms with E-state index < -0.39 is 0 Å². The van der Waals surface area contributed by atoms with Crippen molar-refractivity contribution in [3.63, 3.8) is 0 Å². The molecule has 0 aliphatic heterocycles. The van der Waals surface area contributed by atoms with Gasteiger partial charge in [-0.05, 0) is 0 Å². The van der Waals surface area contributed by atoms with Crippen LogP contribution in [-0.4, -0.2) is 30.5 Å². The third-order valence-electron chi connectivity index (χ3n) is 0.109. The Bertz CT molecular complexity index is 11.6. The van der Waals surface area contributed by atoms with Crippen LogP contribution >= 0.6 is 11.6 Å². The molecule has 0 aliphatic carbocycles. The maximum Gasteiger partial charge on any atom is 0.187 e. The van der Waals surface area contributed by atoms with E-state index in [-0.39, 0.29) is 17.4 Å². The summed E-state index contributed by atoms with van der Waals surface area (Å²) in [4.78, 5) is 0. The van der Waals surface area contributed by atoms with Crippen LogP contribution < -0.4 is 0 Å². The van der Waals surface area contributed by atoms with E-state index in [0.29, 0.717) is 6.07 Å². The molecule has 0 spiro atoms. The molecule has 3 heteroatoms. The molecule has 0 aromatic carbocycles. The molecule has 0 fully saturated rings. The zero-order chi connectivity index (χ0) is 3.41. The molecule has 32 valence electrons. The quantitative estimate of drug-likeness (QED) is 0.331. The van der Waals surface area contributed by atoms with Crippen LogP contribution in [0, 0.1) is 0 Å². The molecule has 1 nitrogen and oxygen atoms in total. The summed E-state index contributed by atoms with van der Waals surface area (Å²) in [6, 6.07) is 0.292. The highest BCUT2D eigenvalue weighted by molar-refractivity contribution is 6.17. The minimum Gasteiger partial charge on any atom is -0.369 e. The lowest BCUT2D eigenvalue weighted by atomic mass is 11.5. The SMILES string of the molecule is COCCl.[AlH3]. The predicted octanol–water partition coefficient (Wildman–Crippen LogP) is -0.355. The Labute approximate surface area is 47.4 Å². The van der Waals surface area contributed by atoms with Crippen LogP contribution in [0.15, 0.2) is 0 Å². The minimum absolute atomic E-state index is 0. The first-order valence-electron chi connectivity index (χ1n) is 0.964. The first kappa shape index (κ1) is 9.24. The van der Waals surface area contributed by atoms with Gasteiger partial charge >= 0.3 is 0 Å². The van der Waals surface area contributed by atoms with E-state index in [0.717, 1.165) is 0 Å². The van der Waals surface area contributed by atoms with Crippen LogP contribution in [-0.2, 0) is 4.74 Å². The number of alkyl halides is 1. The molecule has 0 aromatic rings. The van der Waals surface area contributed by atoms with Crippen LogP contribution in [0.1, 0.15) is 0 Å². The fourth-order valence-electron chi connectivity index (χ4n) is 0. The highest BCUT2D eigenvalue weighted by atomic mass is 35.5. The third-order valence-corrected chi connectivity index (χ3v) is 0.327. The Morgan fingerprint density at radius 1 is 1.80 bits per heavy atom. The molecule has 0 N–H and O–H groups in total. The molecular weight excluding hydrogens is 102 g/mol. The van der Waals surface area contributed by atoms with Gasteiger partial charge in [-0.1, -0.05) is 11.6 Å². The maximum absolute atomic E-state index is 4.96. The Balaban J connectivity index is 0. The first-order chi connectivity index (χ1) is 1.91. The molecule has 0 rings (SSSR count). The Hall–Kier alpha value is 0.782. The van der Waals surface area contributed by atoms with Crippen molar-refractivity contribution in [1.82, 2.24) is 0 Å². The number of hydrogen-bond acceptors (Lipinski definition) is 1. The average molecular weight is 111 g/mol. The molecule has 5 heavy (non-hydrogen) atoms. The summed E-state index contributed by atoms with van der Waals surface area (Å²) in [5.41, 5.74) is 0. The Morgan fingerprint density at radius 3 is 2.00 bits per heavy atom. The standard InChI is InChI=1S/C2H5ClO.Al.3H/c1-4-2-3;;;;/h2H2,1H3;;;;. The smallest absolute Gasteiger partial charge is 0.187 e. The van der Waals surface area contributed by atoms with Crippen LogP contribution in [0.3, 0.4) is 0 Å². The molecule has 0 saturated heterocycles. The number of ether oxygens (including phenoxy) is 1. The predicted molar refractivity (Wildman–Crippen MR) is 27.7 cm³/mol. The molecule has 0 unspecified atom stereocenters. The zero-order valence-electron chi connectivity index (χ0n) is 2.49. The van der Waals surface area contributed by atoms with E-state index in [1.54, 1.807) is 7.11 Å². The van der Waals surface area contributed by atoms with Gasteiger partial charge in [0.05, 0.1) is 0 Å². The van der Waals surface area contributed by atoms with Crippen LogP contribution in [0.5, 0.6) is 0 Å². The van der Waals surface area contributed by atoms with E-state index >= 15 is 0 Å². The topological polar surface area (TPSA) is 9.23 Å². The second-order valence-corrected chi connectivity index (χ2v) is 0.616. The van der Waals surface area contributed by atoms with Crippen LogP contribution in [0.2, 0.25) is 0 Å². The highest BCUT2D eigenvalue weighted by Crippen LogP contribution is 1.66. The van der Waals surface area contributed by atoms with Gasteiger partial charge in [-0.25, -0.2) is 0 Å². The van der Waals surface area contributed by atoms with Crippen molar-refractivity contribution in [2.45, 2.75) is 0 Å². The van der Waals surface area contributed by atoms with Crippen molar-refractivity contribution >= 4 is 29.0 Å². The monoisotopic (exact) mass is 110 g/mol. The lowest BCUT2D eigenvalue weighted by Crippen LogP contribution is -1.68. The number of rotatable bonds is 1. The van der Waals surface area contributed by atoms with Crippen molar-refractivity contribution in [2.24, 2.45) is 0 Å². The van der Waals surface area contributed by atoms with E-state index in [2.05, 4.69) is 4.74 Å². The number of halogens is 1. The summed E-state index contributed by atoms with van der Waals surface area (Å²) >= 11 is 4.96. The van der Waals surface area contributed by atoms with Gasteiger partial charge in [-0.2, -0.15) is 0 Å². The molecule has 0 aliphatic rings. The fraction of sp³-hybridized carbons (Fsp3) is 1.00. The molecule has 0 amide bonds. The molecule has 0 saturated carbocycles. The van der Waals surface area contributed by atoms with Crippen LogP contribution in [0.25, 0.3) is 0 Å². The molecular formula is C2H8AlClO. The van der Waals surface area contributed by atoms with Gasteiger partial charge in [-0.3, -0.25) is 0 Å². The van der Waals surface area contributed by atoms with Gasteiger partial charge in [0.2, 0.25) is 0 Å². The molecule has 0 bridgehead atoms. The van der Waals surface area contributed by atoms with Crippen molar-refractivity contribution in [2.75, 3.05) is 13.2 Å². The second kappa shape index (κ2) is 8.84. The molecule has 0 atom stereocenters. The molecule has 0 radical (unpaired) electrons. The third kappa shape index (κ3) is 11.7. The summed E-state index contributed by atoms with van der Waals surface area (Å²) in [6.07, 6.45) is 0. The van der Waals surface area contributed by atoms with Crippen molar-refractivity contribution in [3.05, 3.63) is 0 Å². The van der Waals surface area contributed by atoms with Crippen LogP contribution in [0.4, 0.5) is 0 Å². The van der Waals surface area contributed by atoms with Gasteiger partial charge in [0.15, 0.2) is 17.4 Å². The van der Waals surface area contributed by atoms with E-state index in [1.807, 2.05) is 0 Å². The summed E-state index contributed by atoms with van der Waals surface area (Å²) in [6.45, 7) is 0. The van der Waals surface area contributed by atoms with Crippen molar-refractivity contribution in [3.8, 4) is 0 Å². The van der Waals surface area contributed by atoms with E-state index in [9.17, 15) is 0 Å². The van der Waals surface area contributed by atoms with Gasteiger partial charge in [-0.15, -0.1) is 0 Å². The van der Waals surface area contributed by atoms with Crippen molar-refractivity contribution < 1.29 is 4.74 Å². The van der Waals surface area contributed by atoms with Gasteiger partial charge in [0.25, 0.3) is 0 Å². The van der Waals surface area contributed by atoms with Gasteiger partial charge < -0.3 is 4.74 Å². The average Bonchev–Trinajstić information content (AvgIpc) is 1.37. The van der Waals surface area contributed by atoms with Gasteiger partial charge in [0.1, 0.15) is 6.07 Å². The Kier molecular flexibility index (Phi) is 16.3. The summed E-state index contributed by atoms with van der Waals surface area (Å²) in [5, 5.41) is 0. The zero-order valence-corrected chi connectivity index (χ0v) is 3.25. The lowest BCUT2D eigenvalue weighted by molar-refractivity contribution is 0.254. The second-order valence-electron chi connectivity index (χ2n) is 0.398.